The van der Waals surface area contributed by atoms with Gasteiger partial charge in [-0.15, -0.1) is 0 Å². The molecule has 39 heavy (non-hydrogen) atoms. The fourth-order valence-electron chi connectivity index (χ4n) is 3.99. The van der Waals surface area contributed by atoms with E-state index in [1.807, 2.05) is 79.7 Å². The lowest BCUT2D eigenvalue weighted by Crippen LogP contribution is -2.03. The Morgan fingerprint density at radius 2 is 1.67 bits per heavy atom. The highest BCUT2D eigenvalue weighted by molar-refractivity contribution is 6.31. The Hall–Kier alpha value is -5.10. The van der Waals surface area contributed by atoms with Crippen LogP contribution in [-0.4, -0.2) is 17.9 Å². The third-order valence-electron chi connectivity index (χ3n) is 5.96. The highest BCUT2D eigenvalue weighted by Crippen LogP contribution is 2.32. The van der Waals surface area contributed by atoms with Crippen LogP contribution in [-0.2, 0) is 6.61 Å². The summed E-state index contributed by atoms with van der Waals surface area (Å²) in [5.74, 6) is 1.79. The summed E-state index contributed by atoms with van der Waals surface area (Å²) in [5, 5.41) is 0. The molecule has 0 fully saturated rings. The first-order chi connectivity index (χ1) is 19.1. The molecule has 1 heterocycles. The van der Waals surface area contributed by atoms with Gasteiger partial charge in [-0.3, -0.25) is 4.79 Å². The number of methoxy groups -OCH3 is 1. The Morgan fingerprint density at radius 1 is 0.897 bits per heavy atom. The van der Waals surface area contributed by atoms with Gasteiger partial charge in [0.1, 0.15) is 17.9 Å². The van der Waals surface area contributed by atoms with Gasteiger partial charge in [0.25, 0.3) is 0 Å². The second kappa shape index (κ2) is 12.0. The fraction of sp³-hybridized carbons (Fsp3) is 0.0909. The van der Waals surface area contributed by atoms with E-state index in [1.165, 1.54) is 0 Å². The van der Waals surface area contributed by atoms with E-state index in [1.54, 1.807) is 49.8 Å². The average molecular weight is 518 g/mol. The molecule has 0 aliphatic rings. The molecule has 0 amide bonds. The third-order valence-corrected chi connectivity index (χ3v) is 5.96. The number of Topliss-reactive ketones (excluding diaryl/α,β-unsaturated/α-hetero) is 1. The first-order valence-electron chi connectivity index (χ1n) is 12.5. The zero-order valence-electron chi connectivity index (χ0n) is 21.7. The van der Waals surface area contributed by atoms with E-state index in [0.29, 0.717) is 46.1 Å². The first-order valence-corrected chi connectivity index (χ1v) is 12.5. The molecule has 0 N–H and O–H groups in total. The molecule has 0 saturated carbocycles. The lowest BCUT2D eigenvalue weighted by atomic mass is 10.0. The summed E-state index contributed by atoms with van der Waals surface area (Å²) in [7, 11) is 1.59. The number of aromatic nitrogens is 1. The number of carbonyl (C=O) groups excluding carboxylic acids is 1. The molecule has 5 rings (SSSR count). The summed E-state index contributed by atoms with van der Waals surface area (Å²) < 4.78 is 23.1. The Balaban J connectivity index is 1.49. The van der Waals surface area contributed by atoms with Crippen LogP contribution in [0.5, 0.6) is 17.2 Å². The van der Waals surface area contributed by atoms with Gasteiger partial charge in [-0.05, 0) is 72.7 Å². The lowest BCUT2D eigenvalue weighted by Gasteiger charge is -2.12. The smallest absolute Gasteiger partial charge is 0.231 e. The monoisotopic (exact) mass is 517 g/mol. The number of para-hydroxylation sites is 2. The number of oxazole rings is 1. The standard InChI is InChI=1S/C33H27NO5/c1-3-19-37-26-16-14-25(15-17-26)32(35)27(33-34-28-11-7-8-12-29(28)39-33)20-24-13-18-30(31(21-24)36-2)38-22-23-9-5-4-6-10-23/h3-21H,22H2,1-2H3/b19-3+,27-20-. The molecular formula is C33H27NO5. The summed E-state index contributed by atoms with van der Waals surface area (Å²) in [6.45, 7) is 2.28. The Kier molecular flexibility index (Phi) is 7.84. The van der Waals surface area contributed by atoms with E-state index in [4.69, 9.17) is 18.6 Å². The number of allylic oxidation sites excluding steroid dienone is 2. The van der Waals surface area contributed by atoms with Crippen LogP contribution in [0.3, 0.4) is 0 Å². The second-order valence-corrected chi connectivity index (χ2v) is 8.67. The summed E-state index contributed by atoms with van der Waals surface area (Å²) in [5.41, 5.74) is 3.85. The lowest BCUT2D eigenvalue weighted by molar-refractivity contribution is 0.105. The van der Waals surface area contributed by atoms with E-state index in [9.17, 15) is 4.79 Å². The summed E-state index contributed by atoms with van der Waals surface area (Å²) in [6, 6.07) is 29.8. The highest BCUT2D eigenvalue weighted by Gasteiger charge is 2.21. The van der Waals surface area contributed by atoms with Crippen LogP contribution >= 0.6 is 0 Å². The number of ether oxygens (including phenoxy) is 3. The average Bonchev–Trinajstić information content (AvgIpc) is 3.42. The van der Waals surface area contributed by atoms with Gasteiger partial charge >= 0.3 is 0 Å². The molecule has 0 unspecified atom stereocenters. The minimum Gasteiger partial charge on any atom is -0.493 e. The predicted octanol–water partition coefficient (Wildman–Crippen LogP) is 7.75. The number of hydrogen-bond donors (Lipinski definition) is 0. The van der Waals surface area contributed by atoms with Crippen LogP contribution in [0.1, 0.15) is 34.3 Å². The molecular weight excluding hydrogens is 490 g/mol. The van der Waals surface area contributed by atoms with Crippen molar-refractivity contribution in [2.45, 2.75) is 13.5 Å². The van der Waals surface area contributed by atoms with E-state index >= 15 is 0 Å². The number of carbonyl (C=O) groups is 1. The third kappa shape index (κ3) is 6.08. The van der Waals surface area contributed by atoms with E-state index in [2.05, 4.69) is 4.98 Å². The van der Waals surface area contributed by atoms with Crippen LogP contribution in [0.15, 0.2) is 114 Å². The molecule has 0 radical (unpaired) electrons. The van der Waals surface area contributed by atoms with Gasteiger partial charge in [-0.25, -0.2) is 4.98 Å². The van der Waals surface area contributed by atoms with E-state index in [0.717, 1.165) is 11.1 Å². The summed E-state index contributed by atoms with van der Waals surface area (Å²) in [4.78, 5) is 18.3. The Morgan fingerprint density at radius 3 is 2.41 bits per heavy atom. The second-order valence-electron chi connectivity index (χ2n) is 8.67. The SMILES string of the molecule is C/C=C/Oc1ccc(C(=O)/C(=C/c2ccc(OCc3ccccc3)c(OC)c2)c2nc3ccccc3o2)cc1. The normalized spacial score (nSPS) is 11.6. The molecule has 1 aromatic heterocycles. The number of rotatable bonds is 10. The van der Waals surface area contributed by atoms with Gasteiger partial charge in [0.2, 0.25) is 5.89 Å². The molecule has 0 saturated heterocycles. The van der Waals surface area contributed by atoms with Crippen molar-refractivity contribution in [3.05, 3.63) is 132 Å². The van der Waals surface area contributed by atoms with E-state index < -0.39 is 0 Å². The summed E-state index contributed by atoms with van der Waals surface area (Å²) >= 11 is 0. The molecule has 5 aromatic rings. The van der Waals surface area contributed by atoms with Gasteiger partial charge in [-0.1, -0.05) is 54.6 Å². The van der Waals surface area contributed by atoms with Crippen molar-refractivity contribution >= 4 is 28.5 Å². The molecule has 194 valence electrons. The van der Waals surface area contributed by atoms with Crippen LogP contribution in [0.2, 0.25) is 0 Å². The number of nitrogens with zero attached hydrogens (tertiary/aromatic N) is 1. The van der Waals surface area contributed by atoms with Crippen molar-refractivity contribution in [2.75, 3.05) is 7.11 Å². The highest BCUT2D eigenvalue weighted by atomic mass is 16.5. The van der Waals surface area contributed by atoms with Gasteiger partial charge < -0.3 is 18.6 Å². The molecule has 4 aromatic carbocycles. The van der Waals surface area contributed by atoms with Crippen molar-refractivity contribution in [3.8, 4) is 17.2 Å². The number of fused-ring (bicyclic) bond motifs is 1. The number of hydrogen-bond acceptors (Lipinski definition) is 6. The summed E-state index contributed by atoms with van der Waals surface area (Å²) in [6.07, 6.45) is 5.13. The predicted molar refractivity (Wildman–Crippen MR) is 152 cm³/mol. The topological polar surface area (TPSA) is 70.8 Å². The minimum atomic E-state index is -0.234. The maximum Gasteiger partial charge on any atom is 0.231 e. The van der Waals surface area contributed by atoms with Gasteiger partial charge in [-0.2, -0.15) is 0 Å². The Bertz CT molecular complexity index is 1600. The van der Waals surface area contributed by atoms with Crippen LogP contribution < -0.4 is 14.2 Å². The molecule has 0 aliphatic carbocycles. The zero-order chi connectivity index (χ0) is 27.0. The molecule has 0 aliphatic heterocycles. The molecule has 0 spiro atoms. The maximum atomic E-state index is 13.8. The van der Waals surface area contributed by atoms with Crippen molar-refractivity contribution in [1.82, 2.24) is 4.98 Å². The molecule has 6 nitrogen and oxygen atoms in total. The van der Waals surface area contributed by atoms with Gasteiger partial charge in [0, 0.05) is 5.56 Å². The molecule has 6 heteroatoms. The maximum absolute atomic E-state index is 13.8. The van der Waals surface area contributed by atoms with Gasteiger partial charge in [0.05, 0.1) is 18.9 Å². The van der Waals surface area contributed by atoms with Crippen molar-refractivity contribution in [2.24, 2.45) is 0 Å². The molecule has 0 bridgehead atoms. The first kappa shape index (κ1) is 25.5. The van der Waals surface area contributed by atoms with Crippen molar-refractivity contribution in [1.29, 1.82) is 0 Å². The van der Waals surface area contributed by atoms with E-state index in [-0.39, 0.29) is 11.7 Å². The van der Waals surface area contributed by atoms with Crippen molar-refractivity contribution < 1.29 is 23.4 Å². The van der Waals surface area contributed by atoms with Crippen LogP contribution in [0.4, 0.5) is 0 Å². The minimum absolute atomic E-state index is 0.234. The quantitative estimate of drug-likeness (QED) is 0.107. The largest absolute Gasteiger partial charge is 0.493 e. The number of ketones is 1. The van der Waals surface area contributed by atoms with Crippen molar-refractivity contribution in [3.63, 3.8) is 0 Å². The van der Waals surface area contributed by atoms with Crippen LogP contribution in [0, 0.1) is 0 Å². The zero-order valence-corrected chi connectivity index (χ0v) is 21.7. The van der Waals surface area contributed by atoms with Gasteiger partial charge in [0.15, 0.2) is 22.9 Å². The van der Waals surface area contributed by atoms with Crippen LogP contribution in [0.25, 0.3) is 22.7 Å². The number of benzene rings is 4. The molecule has 0 atom stereocenters. The Labute approximate surface area is 226 Å². The fourth-order valence-corrected chi connectivity index (χ4v) is 3.99.